The summed E-state index contributed by atoms with van der Waals surface area (Å²) >= 11 is 12.0. The van der Waals surface area contributed by atoms with Gasteiger partial charge in [0.05, 0.1) is 10.7 Å². The molecule has 4 aromatic rings. The molecule has 0 unspecified atom stereocenters. The lowest BCUT2D eigenvalue weighted by Crippen LogP contribution is -1.86. The highest BCUT2D eigenvalue weighted by atomic mass is 35.5. The molecule has 0 saturated carbocycles. The van der Waals surface area contributed by atoms with Crippen LogP contribution in [-0.4, -0.2) is 24.9 Å². The topological polar surface area (TPSA) is 67.3 Å². The molecule has 4 rings (SSSR count). The minimum atomic E-state index is 0.440. The fourth-order valence-corrected chi connectivity index (χ4v) is 2.78. The van der Waals surface area contributed by atoms with Crippen LogP contribution in [0.2, 0.25) is 10.2 Å². The maximum Gasteiger partial charge on any atom is 0.138 e. The monoisotopic (exact) mass is 341 g/mol. The summed E-state index contributed by atoms with van der Waals surface area (Å²) in [6.07, 6.45) is 8.32. The van der Waals surface area contributed by atoms with Crippen LogP contribution in [0.4, 0.5) is 0 Å². The van der Waals surface area contributed by atoms with Crippen LogP contribution < -0.4 is 0 Å². The molecular weight excluding hydrogens is 333 g/mol. The smallest absolute Gasteiger partial charge is 0.138 e. The summed E-state index contributed by atoms with van der Waals surface area (Å²) in [6, 6.07) is 5.51. The van der Waals surface area contributed by atoms with Gasteiger partial charge in [-0.05, 0) is 18.2 Å². The lowest BCUT2D eigenvalue weighted by molar-refractivity contribution is 1.17. The summed E-state index contributed by atoms with van der Waals surface area (Å²) in [5.41, 5.74) is 4.29. The van der Waals surface area contributed by atoms with Crippen molar-refractivity contribution in [3.8, 4) is 22.4 Å². The van der Waals surface area contributed by atoms with E-state index >= 15 is 0 Å². The summed E-state index contributed by atoms with van der Waals surface area (Å²) < 4.78 is 0. The molecule has 0 spiro atoms. The molecule has 4 heterocycles. The third-order valence-corrected chi connectivity index (χ3v) is 3.91. The Kier molecular flexibility index (Phi) is 3.44. The third-order valence-electron chi connectivity index (χ3n) is 3.48. The van der Waals surface area contributed by atoms with Gasteiger partial charge in [0.15, 0.2) is 0 Å². The van der Waals surface area contributed by atoms with E-state index < -0.39 is 0 Å². The molecule has 0 atom stereocenters. The number of rotatable bonds is 2. The van der Waals surface area contributed by atoms with Gasteiger partial charge in [-0.2, -0.15) is 0 Å². The van der Waals surface area contributed by atoms with E-state index in [1.807, 2.05) is 12.1 Å². The van der Waals surface area contributed by atoms with Gasteiger partial charge in [-0.25, -0.2) is 19.9 Å². The van der Waals surface area contributed by atoms with Gasteiger partial charge >= 0.3 is 0 Å². The first kappa shape index (κ1) is 14.1. The van der Waals surface area contributed by atoms with Crippen LogP contribution in [0.1, 0.15) is 0 Å². The molecule has 0 radical (unpaired) electrons. The van der Waals surface area contributed by atoms with Crippen molar-refractivity contribution >= 4 is 34.2 Å². The van der Waals surface area contributed by atoms with Crippen molar-refractivity contribution in [2.24, 2.45) is 0 Å². The van der Waals surface area contributed by atoms with Crippen molar-refractivity contribution in [1.29, 1.82) is 0 Å². The van der Waals surface area contributed by atoms with E-state index in [0.29, 0.717) is 10.2 Å². The van der Waals surface area contributed by atoms with Gasteiger partial charge in [0.2, 0.25) is 0 Å². The number of aromatic nitrogens is 5. The molecule has 5 nitrogen and oxygen atoms in total. The van der Waals surface area contributed by atoms with Crippen molar-refractivity contribution < 1.29 is 0 Å². The fourth-order valence-electron chi connectivity index (χ4n) is 2.51. The van der Waals surface area contributed by atoms with Crippen LogP contribution in [0.3, 0.4) is 0 Å². The number of fused-ring (bicyclic) bond motifs is 1. The standard InChI is InChI=1S/C16H9Cl2N5/c17-11-3-12-14(10-4-19-8-20-5-10)15(23-16(12)22-7-11)9-1-2-13(18)21-6-9/h1-8H,(H,22,23). The molecule has 0 aliphatic heterocycles. The lowest BCUT2D eigenvalue weighted by Gasteiger charge is -2.04. The second-order valence-corrected chi connectivity index (χ2v) is 5.75. The zero-order valence-electron chi connectivity index (χ0n) is 11.7. The predicted octanol–water partition coefficient (Wildman–Crippen LogP) is 4.39. The molecule has 0 bridgehead atoms. The first-order chi connectivity index (χ1) is 11.2. The molecule has 0 amide bonds. The molecule has 0 fully saturated rings. The largest absolute Gasteiger partial charge is 0.339 e. The Hall–Kier alpha value is -2.50. The summed E-state index contributed by atoms with van der Waals surface area (Å²) in [5.74, 6) is 0. The Morgan fingerprint density at radius 3 is 2.43 bits per heavy atom. The van der Waals surface area contributed by atoms with E-state index in [0.717, 1.165) is 33.4 Å². The highest BCUT2D eigenvalue weighted by Crippen LogP contribution is 2.37. The maximum absolute atomic E-state index is 6.12. The molecule has 23 heavy (non-hydrogen) atoms. The summed E-state index contributed by atoms with van der Waals surface area (Å²) in [7, 11) is 0. The van der Waals surface area contributed by atoms with Crippen LogP contribution >= 0.6 is 23.2 Å². The molecular formula is C16H9Cl2N5. The number of nitrogens with zero attached hydrogens (tertiary/aromatic N) is 4. The van der Waals surface area contributed by atoms with Crippen molar-refractivity contribution in [2.45, 2.75) is 0 Å². The quantitative estimate of drug-likeness (QED) is 0.549. The van der Waals surface area contributed by atoms with Crippen molar-refractivity contribution in [3.63, 3.8) is 0 Å². The molecule has 0 aliphatic rings. The van der Waals surface area contributed by atoms with Crippen molar-refractivity contribution in [3.05, 3.63) is 59.5 Å². The molecule has 0 aromatic carbocycles. The van der Waals surface area contributed by atoms with E-state index in [1.165, 1.54) is 6.33 Å². The number of nitrogens with one attached hydrogen (secondary N) is 1. The summed E-state index contributed by atoms with van der Waals surface area (Å²) in [6.45, 7) is 0. The van der Waals surface area contributed by atoms with Crippen LogP contribution in [-0.2, 0) is 0 Å². The van der Waals surface area contributed by atoms with Crippen LogP contribution in [0.15, 0.2) is 49.3 Å². The SMILES string of the molecule is Clc1cnc2[nH]c(-c3ccc(Cl)nc3)c(-c3cncnc3)c2c1. The zero-order valence-corrected chi connectivity index (χ0v) is 13.2. The van der Waals surface area contributed by atoms with E-state index in [2.05, 4.69) is 24.9 Å². The van der Waals surface area contributed by atoms with Gasteiger partial charge in [-0.3, -0.25) is 0 Å². The third kappa shape index (κ3) is 2.54. The summed E-state index contributed by atoms with van der Waals surface area (Å²) in [5, 5.41) is 1.91. The zero-order chi connectivity index (χ0) is 15.8. The van der Waals surface area contributed by atoms with Crippen LogP contribution in [0, 0.1) is 0 Å². The van der Waals surface area contributed by atoms with Gasteiger partial charge in [-0.1, -0.05) is 23.2 Å². The first-order valence-corrected chi connectivity index (χ1v) is 7.52. The second-order valence-electron chi connectivity index (χ2n) is 4.92. The van der Waals surface area contributed by atoms with E-state index in [-0.39, 0.29) is 0 Å². The minimum absolute atomic E-state index is 0.440. The van der Waals surface area contributed by atoms with Crippen LogP contribution in [0.25, 0.3) is 33.4 Å². The van der Waals surface area contributed by atoms with E-state index in [4.69, 9.17) is 23.2 Å². The molecule has 0 aliphatic carbocycles. The van der Waals surface area contributed by atoms with Crippen LogP contribution in [0.5, 0.6) is 0 Å². The number of hydrogen-bond donors (Lipinski definition) is 1. The maximum atomic E-state index is 6.12. The van der Waals surface area contributed by atoms with E-state index in [1.54, 1.807) is 30.9 Å². The number of aromatic amines is 1. The first-order valence-electron chi connectivity index (χ1n) is 6.77. The highest BCUT2D eigenvalue weighted by Gasteiger charge is 2.17. The Morgan fingerprint density at radius 2 is 1.70 bits per heavy atom. The average Bonchev–Trinajstić information content (AvgIpc) is 2.95. The van der Waals surface area contributed by atoms with E-state index in [9.17, 15) is 0 Å². The van der Waals surface area contributed by atoms with Gasteiger partial charge in [-0.15, -0.1) is 0 Å². The molecule has 7 heteroatoms. The van der Waals surface area contributed by atoms with Crippen molar-refractivity contribution in [2.75, 3.05) is 0 Å². The number of halogens is 2. The number of pyridine rings is 2. The molecule has 1 N–H and O–H groups in total. The Balaban J connectivity index is 2.05. The Bertz CT molecular complexity index is 981. The summed E-state index contributed by atoms with van der Waals surface area (Å²) in [4.78, 5) is 20.0. The van der Waals surface area contributed by atoms with Gasteiger partial charge < -0.3 is 4.98 Å². The second kappa shape index (κ2) is 5.61. The Morgan fingerprint density at radius 1 is 0.870 bits per heavy atom. The normalized spacial score (nSPS) is 11.0. The molecule has 112 valence electrons. The van der Waals surface area contributed by atoms with Gasteiger partial charge in [0.25, 0.3) is 0 Å². The van der Waals surface area contributed by atoms with Crippen molar-refractivity contribution in [1.82, 2.24) is 24.9 Å². The number of hydrogen-bond acceptors (Lipinski definition) is 4. The number of H-pyrrole nitrogens is 1. The molecule has 0 saturated heterocycles. The molecule has 4 aromatic heterocycles. The minimum Gasteiger partial charge on any atom is -0.339 e. The van der Waals surface area contributed by atoms with Gasteiger partial charge in [0.1, 0.15) is 17.1 Å². The fraction of sp³-hybridized carbons (Fsp3) is 0. The Labute approximate surface area is 141 Å². The van der Waals surface area contributed by atoms with Gasteiger partial charge in [0, 0.05) is 46.9 Å². The highest BCUT2D eigenvalue weighted by molar-refractivity contribution is 6.31. The average molecular weight is 342 g/mol. The lowest BCUT2D eigenvalue weighted by atomic mass is 10.0. The predicted molar refractivity (Wildman–Crippen MR) is 90.4 cm³/mol.